The number of nitrogens with zero attached hydrogens (tertiary/aromatic N) is 3. The summed E-state index contributed by atoms with van der Waals surface area (Å²) in [7, 11) is 0. The van der Waals surface area contributed by atoms with E-state index in [0.29, 0.717) is 41.5 Å². The Hall–Kier alpha value is -4.69. The number of anilines is 1. The molecule has 1 fully saturated rings. The molecule has 0 spiro atoms. The Morgan fingerprint density at radius 1 is 0.826 bits per heavy atom. The molecule has 0 aliphatic carbocycles. The molecular weight excluding hydrogens is 642 g/mol. The monoisotopic (exact) mass is 664 g/mol. The molecule has 1 aliphatic heterocycles. The van der Waals surface area contributed by atoms with Crippen molar-refractivity contribution in [1.82, 2.24) is 14.6 Å². The predicted octanol–water partition coefficient (Wildman–Crippen LogP) is 6.75. The number of fused-ring (bicyclic) bond motifs is 2. The number of ether oxygens (including phenoxy) is 1. The summed E-state index contributed by atoms with van der Waals surface area (Å²) in [6.07, 6.45) is -8.91. The number of carbonyl (C=O) groups is 2. The fourth-order valence-electron chi connectivity index (χ4n) is 5.59. The molecule has 0 atom stereocenters. The third-order valence-electron chi connectivity index (χ3n) is 7.64. The van der Waals surface area contributed by atoms with Gasteiger partial charge in [0.25, 0.3) is 0 Å². The zero-order chi connectivity index (χ0) is 32.8. The Morgan fingerprint density at radius 2 is 1.50 bits per heavy atom. The van der Waals surface area contributed by atoms with Crippen LogP contribution in [0.5, 0.6) is 5.75 Å². The third-order valence-corrected chi connectivity index (χ3v) is 7.89. The summed E-state index contributed by atoms with van der Waals surface area (Å²) < 4.78 is 85.4. The summed E-state index contributed by atoms with van der Waals surface area (Å²) in [5, 5.41) is 1.18. The number of alkyl halides is 6. The van der Waals surface area contributed by atoms with E-state index in [1.165, 1.54) is 36.4 Å². The first-order chi connectivity index (χ1) is 21.8. The Kier molecular flexibility index (Phi) is 8.11. The highest BCUT2D eigenvalue weighted by Crippen LogP contribution is 2.42. The van der Waals surface area contributed by atoms with Crippen LogP contribution in [0, 0.1) is 0 Å². The summed E-state index contributed by atoms with van der Waals surface area (Å²) in [5.74, 6) is -5.66. The van der Waals surface area contributed by atoms with Crippen molar-refractivity contribution >= 4 is 51.0 Å². The lowest BCUT2D eigenvalue weighted by molar-refractivity contribution is -0.199. The lowest BCUT2D eigenvalue weighted by atomic mass is 10.0. The molecule has 3 aromatic carbocycles. The Labute approximate surface area is 261 Å². The van der Waals surface area contributed by atoms with Crippen LogP contribution < -0.4 is 14.5 Å². The van der Waals surface area contributed by atoms with Crippen LogP contribution in [0.25, 0.3) is 32.9 Å². The van der Waals surface area contributed by atoms with Crippen molar-refractivity contribution in [2.75, 3.05) is 31.1 Å². The number of hydrogen-bond acceptors (Lipinski definition) is 6. The Morgan fingerprint density at radius 3 is 2.17 bits per heavy atom. The van der Waals surface area contributed by atoms with Gasteiger partial charge in [-0.25, -0.2) is 9.59 Å². The molecule has 1 aliphatic rings. The number of H-pyrrole nitrogens is 1. The SMILES string of the molecule is O=C(Oc1cccc2c1c(-c1ccc(Cl)cc1)c(CN1CCN(c3cccc4[nH]ccc34)CC1)n2OC(=O)C(F)(F)F)C(F)(F)F. The molecule has 1 saturated heterocycles. The molecule has 240 valence electrons. The molecule has 46 heavy (non-hydrogen) atoms. The molecule has 3 heterocycles. The van der Waals surface area contributed by atoms with Crippen LogP contribution in [0.3, 0.4) is 0 Å². The summed E-state index contributed by atoms with van der Waals surface area (Å²) in [4.78, 5) is 36.2. The van der Waals surface area contributed by atoms with E-state index in [0.717, 1.165) is 22.7 Å². The summed E-state index contributed by atoms with van der Waals surface area (Å²) in [5.41, 5.74) is 2.19. The van der Waals surface area contributed by atoms with Crippen molar-refractivity contribution < 1.29 is 45.5 Å². The van der Waals surface area contributed by atoms with Crippen LogP contribution in [0.2, 0.25) is 5.02 Å². The molecule has 0 unspecified atom stereocenters. The Balaban J connectivity index is 1.44. The molecule has 0 saturated carbocycles. The zero-order valence-corrected chi connectivity index (χ0v) is 24.3. The predicted molar refractivity (Wildman–Crippen MR) is 158 cm³/mol. The molecule has 2 aromatic heterocycles. The number of rotatable bonds is 6. The van der Waals surface area contributed by atoms with E-state index >= 15 is 0 Å². The van der Waals surface area contributed by atoms with Gasteiger partial charge in [-0.05, 0) is 48.0 Å². The van der Waals surface area contributed by atoms with E-state index in [-0.39, 0.29) is 28.7 Å². The number of aromatic amines is 1. The van der Waals surface area contributed by atoms with E-state index in [1.54, 1.807) is 0 Å². The van der Waals surface area contributed by atoms with E-state index in [2.05, 4.69) is 9.88 Å². The van der Waals surface area contributed by atoms with Crippen molar-refractivity contribution in [1.29, 1.82) is 0 Å². The molecule has 1 N–H and O–H groups in total. The van der Waals surface area contributed by atoms with E-state index in [9.17, 15) is 35.9 Å². The first-order valence-electron chi connectivity index (χ1n) is 13.9. The normalized spacial score (nSPS) is 14.6. The van der Waals surface area contributed by atoms with Crippen LogP contribution in [-0.2, 0) is 16.1 Å². The van der Waals surface area contributed by atoms with E-state index < -0.39 is 30.0 Å². The van der Waals surface area contributed by atoms with Crippen LogP contribution in [0.1, 0.15) is 5.69 Å². The van der Waals surface area contributed by atoms with Gasteiger partial charge >= 0.3 is 24.3 Å². The average Bonchev–Trinajstić information content (AvgIpc) is 3.61. The number of aromatic nitrogens is 2. The van der Waals surface area contributed by atoms with Crippen LogP contribution in [0.4, 0.5) is 32.0 Å². The minimum absolute atomic E-state index is 0.0200. The van der Waals surface area contributed by atoms with Crippen LogP contribution in [-0.4, -0.2) is 65.1 Å². The van der Waals surface area contributed by atoms with E-state index in [4.69, 9.17) is 21.2 Å². The molecule has 0 bridgehead atoms. The topological polar surface area (TPSA) is 79.8 Å². The van der Waals surface area contributed by atoms with Crippen molar-refractivity contribution in [3.05, 3.63) is 83.6 Å². The molecule has 15 heteroatoms. The number of piperazine rings is 1. The number of hydrogen-bond donors (Lipinski definition) is 1. The van der Waals surface area contributed by atoms with Gasteiger partial charge < -0.3 is 19.5 Å². The van der Waals surface area contributed by atoms with Crippen molar-refractivity contribution in [3.8, 4) is 16.9 Å². The van der Waals surface area contributed by atoms with Crippen molar-refractivity contribution in [2.24, 2.45) is 0 Å². The smallest absolute Gasteiger partial charge is 0.419 e. The van der Waals surface area contributed by atoms with Gasteiger partial charge in [0.2, 0.25) is 0 Å². The second-order valence-corrected chi connectivity index (χ2v) is 11.0. The first-order valence-corrected chi connectivity index (χ1v) is 14.2. The number of carbonyl (C=O) groups excluding carboxylic acids is 2. The number of benzene rings is 3. The quantitative estimate of drug-likeness (QED) is 0.123. The lowest BCUT2D eigenvalue weighted by Crippen LogP contribution is -2.46. The second-order valence-electron chi connectivity index (χ2n) is 10.5. The number of nitrogens with one attached hydrogen (secondary N) is 1. The molecule has 0 radical (unpaired) electrons. The fraction of sp³-hybridized carbons (Fsp3) is 0.226. The van der Waals surface area contributed by atoms with Gasteiger partial charge in [0.15, 0.2) is 0 Å². The highest BCUT2D eigenvalue weighted by atomic mass is 35.5. The maximum absolute atomic E-state index is 13.5. The molecule has 0 amide bonds. The first kappa shape index (κ1) is 31.3. The summed E-state index contributed by atoms with van der Waals surface area (Å²) in [6, 6.07) is 17.3. The summed E-state index contributed by atoms with van der Waals surface area (Å²) in [6.45, 7) is 1.87. The number of halogens is 7. The zero-order valence-electron chi connectivity index (χ0n) is 23.6. The van der Waals surface area contributed by atoms with Gasteiger partial charge in [0.05, 0.1) is 16.6 Å². The maximum atomic E-state index is 13.5. The lowest BCUT2D eigenvalue weighted by Gasteiger charge is -2.36. The molecule has 6 rings (SSSR count). The average molecular weight is 665 g/mol. The maximum Gasteiger partial charge on any atom is 0.493 e. The largest absolute Gasteiger partial charge is 0.493 e. The Bertz CT molecular complexity index is 1930. The minimum atomic E-state index is -5.39. The van der Waals surface area contributed by atoms with Gasteiger partial charge in [-0.15, -0.1) is 0 Å². The molecule has 5 aromatic rings. The van der Waals surface area contributed by atoms with Crippen LogP contribution >= 0.6 is 11.6 Å². The molecular formula is C31H23ClF6N4O4. The fourth-order valence-corrected chi connectivity index (χ4v) is 5.71. The van der Waals surface area contributed by atoms with Crippen LogP contribution in [0.15, 0.2) is 72.9 Å². The summed E-state index contributed by atoms with van der Waals surface area (Å²) >= 11 is 6.07. The van der Waals surface area contributed by atoms with Gasteiger partial charge in [0, 0.05) is 66.1 Å². The third kappa shape index (κ3) is 6.09. The van der Waals surface area contributed by atoms with Crippen molar-refractivity contribution in [3.63, 3.8) is 0 Å². The van der Waals surface area contributed by atoms with Gasteiger partial charge in [-0.2, -0.15) is 31.1 Å². The van der Waals surface area contributed by atoms with Crippen molar-refractivity contribution in [2.45, 2.75) is 18.9 Å². The highest BCUT2D eigenvalue weighted by molar-refractivity contribution is 6.30. The van der Waals surface area contributed by atoms with Gasteiger partial charge in [-0.3, -0.25) is 4.90 Å². The standard InChI is InChI=1S/C31H23ClF6N4O4/c32-19-9-7-18(8-10-19)26-24(17-40-13-15-41(16-14-40)22-4-1-3-21-20(22)11-12-39-21)42(46-29(44)31(36,37)38)23-5-2-6-25(27(23)26)45-28(43)30(33,34)35/h1-12,39H,13-17H2. The molecule has 8 nitrogen and oxygen atoms in total. The second kappa shape index (κ2) is 11.9. The highest BCUT2D eigenvalue weighted by Gasteiger charge is 2.44. The van der Waals surface area contributed by atoms with Gasteiger partial charge in [0.1, 0.15) is 5.75 Å². The van der Waals surface area contributed by atoms with Gasteiger partial charge in [-0.1, -0.05) is 35.9 Å². The van der Waals surface area contributed by atoms with E-state index in [1.807, 2.05) is 35.4 Å². The minimum Gasteiger partial charge on any atom is -0.419 e. The number of esters is 1.